The highest BCUT2D eigenvalue weighted by Gasteiger charge is 2.28. The minimum absolute atomic E-state index is 0.0669. The Bertz CT molecular complexity index is 508. The summed E-state index contributed by atoms with van der Waals surface area (Å²) in [7, 11) is 2.71. The number of carbonyl (C=O) groups excluding carboxylic acids is 1. The third kappa shape index (κ3) is 2.31. The largest absolute Gasteiger partial charge is 0.480 e. The molecular weight excluding hydrogens is 242 g/mol. The molecule has 1 amide bonds. The van der Waals surface area contributed by atoms with Crippen LogP contribution < -0.4 is 0 Å². The number of hydrogen-bond donors (Lipinski definition) is 1. The number of nitrogens with zero attached hydrogens (tertiary/aromatic N) is 3. The van der Waals surface area contributed by atoms with Crippen LogP contribution in [0.1, 0.15) is 17.4 Å². The normalized spacial score (nSPS) is 11.9. The molecule has 1 aromatic rings. The quantitative estimate of drug-likeness (QED) is 0.622. The Morgan fingerprint density at radius 1 is 1.50 bits per heavy atom. The molecule has 8 nitrogen and oxygen atoms in total. The van der Waals surface area contributed by atoms with Crippen LogP contribution in [-0.4, -0.2) is 44.5 Å². The molecule has 0 aliphatic rings. The molecule has 0 saturated carbocycles. The molecule has 0 saturated heterocycles. The van der Waals surface area contributed by atoms with Crippen LogP contribution in [0.5, 0.6) is 0 Å². The Hall–Kier alpha value is -2.38. The van der Waals surface area contributed by atoms with Crippen LogP contribution >= 0.6 is 0 Å². The van der Waals surface area contributed by atoms with Gasteiger partial charge in [0.05, 0.1) is 7.05 Å². The first-order chi connectivity index (χ1) is 8.27. The molecule has 0 spiro atoms. The number of aliphatic carboxylic acids is 1. The van der Waals surface area contributed by atoms with E-state index in [0.717, 1.165) is 9.47 Å². The van der Waals surface area contributed by atoms with E-state index in [4.69, 9.17) is 5.11 Å². The maximum absolute atomic E-state index is 12.0. The van der Waals surface area contributed by atoms with Gasteiger partial charge in [-0.05, 0) is 17.9 Å². The van der Waals surface area contributed by atoms with Crippen molar-refractivity contribution in [2.45, 2.75) is 13.0 Å². The first-order valence-corrected chi connectivity index (χ1v) is 5.07. The average Bonchev–Trinajstić information content (AvgIpc) is 2.68. The molecule has 18 heavy (non-hydrogen) atoms. The number of rotatable bonds is 4. The third-order valence-corrected chi connectivity index (χ3v) is 2.76. The van der Waals surface area contributed by atoms with E-state index in [1.165, 1.54) is 33.2 Å². The Morgan fingerprint density at radius 3 is 2.44 bits per heavy atom. The second kappa shape index (κ2) is 4.86. The average molecular weight is 255 g/mol. The van der Waals surface area contributed by atoms with Crippen molar-refractivity contribution in [2.24, 2.45) is 7.05 Å². The Kier molecular flexibility index (Phi) is 3.70. The first kappa shape index (κ1) is 13.7. The van der Waals surface area contributed by atoms with Gasteiger partial charge in [0.15, 0.2) is 5.69 Å². The summed E-state index contributed by atoms with van der Waals surface area (Å²) in [5.74, 6) is -1.95. The maximum atomic E-state index is 12.0. The Balaban J connectivity index is 3.05. The van der Waals surface area contributed by atoms with Gasteiger partial charge < -0.3 is 20.1 Å². The van der Waals surface area contributed by atoms with E-state index < -0.39 is 22.8 Å². The summed E-state index contributed by atoms with van der Waals surface area (Å²) in [6.07, 6.45) is 0. The molecule has 0 fully saturated rings. The monoisotopic (exact) mass is 255 g/mol. The van der Waals surface area contributed by atoms with Gasteiger partial charge in [0.2, 0.25) is 0 Å². The fourth-order valence-electron chi connectivity index (χ4n) is 1.42. The highest BCUT2D eigenvalue weighted by molar-refractivity contribution is 5.95. The lowest BCUT2D eigenvalue weighted by Gasteiger charge is -2.20. The van der Waals surface area contributed by atoms with Gasteiger partial charge >= 0.3 is 11.8 Å². The SMILES string of the molecule is CC(C(=O)O)N(C)C(=O)c1ccc([N+](=O)[O-])n1C. The molecule has 1 heterocycles. The molecule has 1 unspecified atom stereocenters. The molecular formula is C10H13N3O5. The van der Waals surface area contributed by atoms with Gasteiger partial charge in [0.1, 0.15) is 6.04 Å². The van der Waals surface area contributed by atoms with Crippen LogP contribution in [0.15, 0.2) is 12.1 Å². The minimum Gasteiger partial charge on any atom is -0.480 e. The van der Waals surface area contributed by atoms with Gasteiger partial charge in [-0.1, -0.05) is 0 Å². The number of carbonyl (C=O) groups is 2. The topological polar surface area (TPSA) is 106 Å². The van der Waals surface area contributed by atoms with E-state index >= 15 is 0 Å². The molecule has 8 heteroatoms. The summed E-state index contributed by atoms with van der Waals surface area (Å²) in [5.41, 5.74) is 0.0669. The molecule has 0 aliphatic heterocycles. The fourth-order valence-corrected chi connectivity index (χ4v) is 1.42. The van der Waals surface area contributed by atoms with Gasteiger partial charge in [0.25, 0.3) is 5.91 Å². The molecule has 98 valence electrons. The van der Waals surface area contributed by atoms with E-state index in [9.17, 15) is 19.7 Å². The van der Waals surface area contributed by atoms with Gasteiger partial charge in [-0.25, -0.2) is 9.36 Å². The number of likely N-dealkylation sites (N-methyl/N-ethyl adjacent to an activating group) is 1. The van der Waals surface area contributed by atoms with E-state index in [1.807, 2.05) is 0 Å². The lowest BCUT2D eigenvalue weighted by Crippen LogP contribution is -2.40. The van der Waals surface area contributed by atoms with Crippen molar-refractivity contribution in [1.82, 2.24) is 9.47 Å². The van der Waals surface area contributed by atoms with Crippen LogP contribution in [0.2, 0.25) is 0 Å². The predicted molar refractivity (Wildman–Crippen MR) is 61.3 cm³/mol. The molecule has 0 aromatic carbocycles. The summed E-state index contributed by atoms with van der Waals surface area (Å²) in [6.45, 7) is 1.36. The highest BCUT2D eigenvalue weighted by atomic mass is 16.6. The zero-order chi connectivity index (χ0) is 14.0. The van der Waals surface area contributed by atoms with Crippen molar-refractivity contribution in [3.05, 3.63) is 27.9 Å². The lowest BCUT2D eigenvalue weighted by molar-refractivity contribution is -0.391. The number of aromatic nitrogens is 1. The smallest absolute Gasteiger partial charge is 0.326 e. The van der Waals surface area contributed by atoms with Gasteiger partial charge in [-0.2, -0.15) is 0 Å². The van der Waals surface area contributed by atoms with Gasteiger partial charge in [-0.15, -0.1) is 0 Å². The third-order valence-electron chi connectivity index (χ3n) is 2.76. The van der Waals surface area contributed by atoms with Gasteiger partial charge in [-0.3, -0.25) is 4.79 Å². The number of nitro groups is 1. The van der Waals surface area contributed by atoms with Crippen molar-refractivity contribution >= 4 is 17.7 Å². The molecule has 0 aliphatic carbocycles. The van der Waals surface area contributed by atoms with Crippen LogP contribution in [0.4, 0.5) is 5.82 Å². The molecule has 0 bridgehead atoms. The standard InChI is InChI=1S/C10H13N3O5/c1-6(10(15)16)11(2)9(14)7-4-5-8(12(7)3)13(17)18/h4-6H,1-3H3,(H,15,16). The molecule has 1 rings (SSSR count). The van der Waals surface area contributed by atoms with Crippen LogP contribution in [-0.2, 0) is 11.8 Å². The molecule has 1 N–H and O–H groups in total. The molecule has 1 atom stereocenters. The lowest BCUT2D eigenvalue weighted by atomic mass is 10.2. The van der Waals surface area contributed by atoms with Gasteiger partial charge in [0, 0.05) is 13.1 Å². The zero-order valence-corrected chi connectivity index (χ0v) is 10.2. The van der Waals surface area contributed by atoms with Crippen molar-refractivity contribution < 1.29 is 19.6 Å². The Morgan fingerprint density at radius 2 is 2.06 bits per heavy atom. The number of amides is 1. The summed E-state index contributed by atoms with van der Waals surface area (Å²) in [5, 5.41) is 19.4. The number of hydrogen-bond acceptors (Lipinski definition) is 4. The van der Waals surface area contributed by atoms with E-state index in [2.05, 4.69) is 0 Å². The summed E-state index contributed by atoms with van der Waals surface area (Å²) in [6, 6.07) is 1.49. The molecule has 0 radical (unpaired) electrons. The predicted octanol–water partition coefficient (Wildman–Crippen LogP) is 0.478. The van der Waals surface area contributed by atoms with Crippen molar-refractivity contribution in [3.8, 4) is 0 Å². The maximum Gasteiger partial charge on any atom is 0.326 e. The van der Waals surface area contributed by atoms with Crippen molar-refractivity contribution in [1.29, 1.82) is 0 Å². The zero-order valence-electron chi connectivity index (χ0n) is 10.2. The van der Waals surface area contributed by atoms with Crippen molar-refractivity contribution in [2.75, 3.05) is 7.05 Å². The van der Waals surface area contributed by atoms with Crippen LogP contribution in [0.3, 0.4) is 0 Å². The second-order valence-corrected chi connectivity index (χ2v) is 3.82. The van der Waals surface area contributed by atoms with E-state index in [0.29, 0.717) is 0 Å². The molecule has 1 aromatic heterocycles. The Labute approximate surface area is 103 Å². The van der Waals surface area contributed by atoms with E-state index in [-0.39, 0.29) is 11.5 Å². The number of carboxylic acids is 1. The summed E-state index contributed by atoms with van der Waals surface area (Å²) < 4.78 is 1.12. The van der Waals surface area contributed by atoms with Crippen LogP contribution in [0, 0.1) is 10.1 Å². The first-order valence-electron chi connectivity index (χ1n) is 5.07. The number of carboxylic acid groups (broad SMARTS) is 1. The summed E-state index contributed by atoms with van der Waals surface area (Å²) in [4.78, 5) is 33.8. The second-order valence-electron chi connectivity index (χ2n) is 3.82. The minimum atomic E-state index is -1.14. The van der Waals surface area contributed by atoms with Crippen LogP contribution in [0.25, 0.3) is 0 Å². The summed E-state index contributed by atoms with van der Waals surface area (Å²) >= 11 is 0. The van der Waals surface area contributed by atoms with Crippen molar-refractivity contribution in [3.63, 3.8) is 0 Å². The fraction of sp³-hybridized carbons (Fsp3) is 0.400. The highest BCUT2D eigenvalue weighted by Crippen LogP contribution is 2.17. The van der Waals surface area contributed by atoms with E-state index in [1.54, 1.807) is 0 Å².